The van der Waals surface area contributed by atoms with Gasteiger partial charge in [-0.25, -0.2) is 8.51 Å². The smallest absolute Gasteiger partial charge is 0.416 e. The van der Waals surface area contributed by atoms with Crippen molar-refractivity contribution >= 4 is 17.0 Å². The van der Waals surface area contributed by atoms with E-state index in [0.717, 1.165) is 12.1 Å². The molecular formula is C21H31F3N2O3S. The predicted molar refractivity (Wildman–Crippen MR) is 110 cm³/mol. The van der Waals surface area contributed by atoms with Crippen molar-refractivity contribution in [3.05, 3.63) is 29.8 Å². The molecule has 0 amide bonds. The topological polar surface area (TPSA) is 49.9 Å². The number of hydrogen-bond acceptors (Lipinski definition) is 4. The molecule has 1 aromatic carbocycles. The van der Waals surface area contributed by atoms with E-state index in [1.165, 1.54) is 12.1 Å². The quantitative estimate of drug-likeness (QED) is 0.586. The van der Waals surface area contributed by atoms with E-state index >= 15 is 0 Å². The minimum atomic E-state index is -4.48. The maximum absolute atomic E-state index is 13.2. The van der Waals surface area contributed by atoms with Crippen LogP contribution in [0.4, 0.5) is 13.2 Å². The van der Waals surface area contributed by atoms with Gasteiger partial charge in [0.25, 0.3) is 0 Å². The molecule has 1 heterocycles. The lowest BCUT2D eigenvalue weighted by molar-refractivity contribution is -0.156. The molecule has 0 spiro atoms. The van der Waals surface area contributed by atoms with Gasteiger partial charge in [0.15, 0.2) is 0 Å². The minimum Gasteiger partial charge on any atom is -0.465 e. The molecule has 0 bridgehead atoms. The summed E-state index contributed by atoms with van der Waals surface area (Å²) in [5.74, 6) is -0.281. The number of hydrogen-bond donors (Lipinski definition) is 0. The van der Waals surface area contributed by atoms with Crippen LogP contribution in [0.15, 0.2) is 29.2 Å². The fourth-order valence-electron chi connectivity index (χ4n) is 3.77. The number of carbonyl (C=O) groups excluding carboxylic acids is 1. The highest BCUT2D eigenvalue weighted by Crippen LogP contribution is 2.32. The van der Waals surface area contributed by atoms with Crippen molar-refractivity contribution < 1.29 is 26.9 Å². The molecule has 1 fully saturated rings. The molecule has 0 N–H and O–H groups in total. The third-order valence-electron chi connectivity index (χ3n) is 5.45. The molecule has 0 radical (unpaired) electrons. The van der Waals surface area contributed by atoms with E-state index in [-0.39, 0.29) is 22.9 Å². The third kappa shape index (κ3) is 5.62. The van der Waals surface area contributed by atoms with Crippen LogP contribution < -0.4 is 0 Å². The molecule has 9 heteroatoms. The van der Waals surface area contributed by atoms with E-state index in [9.17, 15) is 22.2 Å². The number of halogens is 3. The van der Waals surface area contributed by atoms with Gasteiger partial charge in [-0.1, -0.05) is 6.07 Å². The summed E-state index contributed by atoms with van der Waals surface area (Å²) in [6.07, 6.45) is -3.16. The van der Waals surface area contributed by atoms with Gasteiger partial charge < -0.3 is 4.74 Å². The van der Waals surface area contributed by atoms with Crippen LogP contribution in [0.5, 0.6) is 0 Å². The molecule has 1 aromatic rings. The molecule has 0 aliphatic carbocycles. The van der Waals surface area contributed by atoms with Crippen LogP contribution in [0.25, 0.3) is 0 Å². The van der Waals surface area contributed by atoms with E-state index in [0.29, 0.717) is 32.5 Å². The Labute approximate surface area is 179 Å². The number of ether oxygens (including phenoxy) is 1. The number of likely N-dealkylation sites (tertiary alicyclic amines) is 1. The van der Waals surface area contributed by atoms with Crippen LogP contribution in [0.1, 0.15) is 53.0 Å². The summed E-state index contributed by atoms with van der Waals surface area (Å²) >= 11 is 0. The summed E-state index contributed by atoms with van der Waals surface area (Å²) in [5.41, 5.74) is -1.56. The fraction of sp³-hybridized carbons (Fsp3) is 0.667. The van der Waals surface area contributed by atoms with Crippen molar-refractivity contribution in [1.29, 1.82) is 0 Å². The summed E-state index contributed by atoms with van der Waals surface area (Å²) in [4.78, 5) is 14.5. The SMILES string of the molecule is CCOC(=O)C(C)(C)N1CCC(N(C(C)C)S(=O)c2cccc(C(F)(F)F)c2)CC1. The molecule has 1 unspecified atom stereocenters. The van der Waals surface area contributed by atoms with Crippen LogP contribution in [0, 0.1) is 0 Å². The number of rotatable bonds is 7. The van der Waals surface area contributed by atoms with E-state index in [4.69, 9.17) is 4.74 Å². The van der Waals surface area contributed by atoms with Crippen molar-refractivity contribution in [2.45, 2.75) is 76.2 Å². The number of carbonyl (C=O) groups is 1. The lowest BCUT2D eigenvalue weighted by Gasteiger charge is -2.44. The van der Waals surface area contributed by atoms with Crippen molar-refractivity contribution in [2.75, 3.05) is 19.7 Å². The first-order valence-corrected chi connectivity index (χ1v) is 11.3. The second-order valence-electron chi connectivity index (χ2n) is 8.23. The second-order valence-corrected chi connectivity index (χ2v) is 9.62. The molecule has 5 nitrogen and oxygen atoms in total. The molecule has 30 heavy (non-hydrogen) atoms. The molecule has 2 rings (SSSR count). The van der Waals surface area contributed by atoms with Gasteiger partial charge >= 0.3 is 12.1 Å². The number of esters is 1. The monoisotopic (exact) mass is 448 g/mol. The first-order valence-electron chi connectivity index (χ1n) is 10.2. The van der Waals surface area contributed by atoms with Gasteiger partial charge in [-0.05, 0) is 65.7 Å². The molecule has 0 aromatic heterocycles. The van der Waals surface area contributed by atoms with Crippen LogP contribution in [0.2, 0.25) is 0 Å². The van der Waals surface area contributed by atoms with Gasteiger partial charge in [-0.2, -0.15) is 13.2 Å². The average Bonchev–Trinajstić information content (AvgIpc) is 2.68. The number of nitrogens with zero attached hydrogens (tertiary/aromatic N) is 2. The zero-order chi connectivity index (χ0) is 22.7. The number of alkyl halides is 3. The molecule has 1 aliphatic heterocycles. The average molecular weight is 449 g/mol. The molecular weight excluding hydrogens is 417 g/mol. The number of benzene rings is 1. The first-order chi connectivity index (χ1) is 13.9. The van der Waals surface area contributed by atoms with Gasteiger partial charge in [0, 0.05) is 25.2 Å². The van der Waals surface area contributed by atoms with Crippen molar-refractivity contribution in [3.63, 3.8) is 0 Å². The predicted octanol–water partition coefficient (Wildman–Crippen LogP) is 4.24. The van der Waals surface area contributed by atoms with E-state index in [1.54, 1.807) is 11.2 Å². The molecule has 1 aliphatic rings. The van der Waals surface area contributed by atoms with Crippen molar-refractivity contribution in [3.8, 4) is 0 Å². The zero-order valence-electron chi connectivity index (χ0n) is 18.2. The number of piperidine rings is 1. The first kappa shape index (κ1) is 24.8. The fourth-order valence-corrected chi connectivity index (χ4v) is 5.30. The Balaban J connectivity index is 2.15. The molecule has 1 atom stereocenters. The summed E-state index contributed by atoms with van der Waals surface area (Å²) < 4.78 is 59.4. The summed E-state index contributed by atoms with van der Waals surface area (Å²) in [6, 6.07) is 4.53. The Morgan fingerprint density at radius 3 is 2.37 bits per heavy atom. The summed E-state index contributed by atoms with van der Waals surface area (Å²) in [7, 11) is -1.71. The lowest BCUT2D eigenvalue weighted by atomic mass is 9.96. The maximum Gasteiger partial charge on any atom is 0.416 e. The molecule has 0 saturated carbocycles. The highest BCUT2D eigenvalue weighted by Gasteiger charge is 2.40. The molecule has 170 valence electrons. The van der Waals surface area contributed by atoms with Gasteiger partial charge in [0.1, 0.15) is 16.5 Å². The van der Waals surface area contributed by atoms with Crippen LogP contribution in [-0.4, -0.2) is 56.7 Å². The van der Waals surface area contributed by atoms with E-state index < -0.39 is 28.3 Å². The third-order valence-corrected chi connectivity index (χ3v) is 7.21. The van der Waals surface area contributed by atoms with Gasteiger partial charge in [0.2, 0.25) is 0 Å². The highest BCUT2D eigenvalue weighted by molar-refractivity contribution is 7.82. The second kappa shape index (κ2) is 9.78. The Morgan fingerprint density at radius 2 is 1.87 bits per heavy atom. The van der Waals surface area contributed by atoms with Gasteiger partial charge in [-0.3, -0.25) is 9.69 Å². The Morgan fingerprint density at radius 1 is 1.27 bits per heavy atom. The Hall–Kier alpha value is -1.45. The van der Waals surface area contributed by atoms with Gasteiger partial charge in [0.05, 0.1) is 17.1 Å². The molecule has 1 saturated heterocycles. The van der Waals surface area contributed by atoms with Crippen LogP contribution in [-0.2, 0) is 26.7 Å². The summed E-state index contributed by atoms with van der Waals surface area (Å²) in [6.45, 7) is 10.7. The Bertz CT molecular complexity index is 760. The largest absolute Gasteiger partial charge is 0.465 e. The maximum atomic E-state index is 13.2. The minimum absolute atomic E-state index is 0.0605. The van der Waals surface area contributed by atoms with Crippen molar-refractivity contribution in [2.24, 2.45) is 0 Å². The van der Waals surface area contributed by atoms with Gasteiger partial charge in [-0.15, -0.1) is 0 Å². The standard InChI is InChI=1S/C21H31F3N2O3S/c1-6-29-19(27)20(4,5)25-12-10-17(11-13-25)26(15(2)3)30(28)18-9-7-8-16(14-18)21(22,23)24/h7-9,14-15,17H,6,10-13H2,1-5H3. The Kier molecular flexibility index (Phi) is 8.09. The van der Waals surface area contributed by atoms with Crippen LogP contribution >= 0.6 is 0 Å². The zero-order valence-corrected chi connectivity index (χ0v) is 19.0. The van der Waals surface area contributed by atoms with E-state index in [2.05, 4.69) is 0 Å². The van der Waals surface area contributed by atoms with E-state index in [1.807, 2.05) is 32.6 Å². The van der Waals surface area contributed by atoms with Crippen LogP contribution in [0.3, 0.4) is 0 Å². The lowest BCUT2D eigenvalue weighted by Crippen LogP contribution is -2.57. The normalized spacial score (nSPS) is 18.1. The summed E-state index contributed by atoms with van der Waals surface area (Å²) in [5, 5.41) is 0. The highest BCUT2D eigenvalue weighted by atomic mass is 32.2. The van der Waals surface area contributed by atoms with Crippen molar-refractivity contribution in [1.82, 2.24) is 9.21 Å².